The Morgan fingerprint density at radius 1 is 1.00 bits per heavy atom. The highest BCUT2D eigenvalue weighted by atomic mass is 35.5. The summed E-state index contributed by atoms with van der Waals surface area (Å²) in [5, 5.41) is 6.50. The molecule has 6 aromatic rings. The summed E-state index contributed by atoms with van der Waals surface area (Å²) in [6.45, 7) is 4.05. The van der Waals surface area contributed by atoms with E-state index in [9.17, 15) is 4.79 Å². The van der Waals surface area contributed by atoms with E-state index in [2.05, 4.69) is 9.67 Å². The fraction of sp³-hybridized carbons (Fsp3) is 0.100. The molecule has 0 unspecified atom stereocenters. The van der Waals surface area contributed by atoms with E-state index in [4.69, 9.17) is 25.7 Å². The second-order valence-corrected chi connectivity index (χ2v) is 9.40. The molecule has 0 radical (unpaired) electrons. The van der Waals surface area contributed by atoms with E-state index in [0.717, 1.165) is 33.8 Å². The van der Waals surface area contributed by atoms with E-state index in [1.54, 1.807) is 37.6 Å². The number of furan rings is 1. The SMILES string of the molecule is COc1ccc(-n2c(C)cc(C=Nn3c(-c4cc5cc(Cl)ccc5o4)nc4ccccc4c3=O)c2C)cc1. The van der Waals surface area contributed by atoms with Crippen LogP contribution in [0.15, 0.2) is 93.2 Å². The van der Waals surface area contributed by atoms with Crippen LogP contribution in [-0.2, 0) is 0 Å². The van der Waals surface area contributed by atoms with Crippen molar-refractivity contribution in [2.75, 3.05) is 7.11 Å². The van der Waals surface area contributed by atoms with Crippen molar-refractivity contribution in [3.8, 4) is 23.0 Å². The second kappa shape index (κ2) is 9.36. The maximum Gasteiger partial charge on any atom is 0.282 e. The van der Waals surface area contributed by atoms with Crippen LogP contribution >= 0.6 is 11.6 Å². The highest BCUT2D eigenvalue weighted by molar-refractivity contribution is 6.31. The summed E-state index contributed by atoms with van der Waals surface area (Å²) in [7, 11) is 1.65. The zero-order valence-corrected chi connectivity index (χ0v) is 21.7. The van der Waals surface area contributed by atoms with Crippen LogP contribution in [0.5, 0.6) is 5.75 Å². The first-order valence-electron chi connectivity index (χ1n) is 12.0. The average Bonchev–Trinajstić information content (AvgIpc) is 3.47. The maximum absolute atomic E-state index is 13.6. The highest BCUT2D eigenvalue weighted by Crippen LogP contribution is 2.29. The summed E-state index contributed by atoms with van der Waals surface area (Å²) in [6.07, 6.45) is 1.68. The monoisotopic (exact) mass is 522 g/mol. The van der Waals surface area contributed by atoms with Crippen molar-refractivity contribution in [3.63, 3.8) is 0 Å². The Bertz CT molecular complexity index is 1910. The van der Waals surface area contributed by atoms with Gasteiger partial charge in [-0.2, -0.15) is 9.78 Å². The molecule has 0 saturated heterocycles. The zero-order valence-electron chi connectivity index (χ0n) is 21.0. The predicted molar refractivity (Wildman–Crippen MR) is 151 cm³/mol. The van der Waals surface area contributed by atoms with Gasteiger partial charge in [-0.1, -0.05) is 23.7 Å². The topological polar surface area (TPSA) is 74.6 Å². The first-order valence-corrected chi connectivity index (χ1v) is 12.4. The van der Waals surface area contributed by atoms with Crippen molar-refractivity contribution in [1.82, 2.24) is 14.2 Å². The number of fused-ring (bicyclic) bond motifs is 2. The Morgan fingerprint density at radius 2 is 1.79 bits per heavy atom. The normalized spacial score (nSPS) is 11.7. The molecule has 0 aliphatic rings. The molecule has 7 nitrogen and oxygen atoms in total. The van der Waals surface area contributed by atoms with Gasteiger partial charge in [-0.25, -0.2) is 4.98 Å². The first kappa shape index (κ1) is 23.8. The highest BCUT2D eigenvalue weighted by Gasteiger charge is 2.17. The number of ether oxygens (including phenoxy) is 1. The third kappa shape index (κ3) is 4.07. The van der Waals surface area contributed by atoms with Crippen LogP contribution in [-0.4, -0.2) is 27.6 Å². The molecule has 3 heterocycles. The number of methoxy groups -OCH3 is 1. The van der Waals surface area contributed by atoms with E-state index < -0.39 is 0 Å². The van der Waals surface area contributed by atoms with E-state index >= 15 is 0 Å². The second-order valence-electron chi connectivity index (χ2n) is 8.97. The van der Waals surface area contributed by atoms with E-state index in [-0.39, 0.29) is 5.56 Å². The molecule has 8 heteroatoms. The number of aryl methyl sites for hydroxylation is 1. The molecule has 0 bridgehead atoms. The Hall–Kier alpha value is -4.62. The van der Waals surface area contributed by atoms with E-state index in [1.165, 1.54) is 4.68 Å². The molecule has 0 atom stereocenters. The third-order valence-corrected chi connectivity index (χ3v) is 6.80. The molecular weight excluding hydrogens is 500 g/mol. The van der Waals surface area contributed by atoms with Gasteiger partial charge in [-0.15, -0.1) is 0 Å². The van der Waals surface area contributed by atoms with Crippen LogP contribution in [0, 0.1) is 13.8 Å². The van der Waals surface area contributed by atoms with Gasteiger partial charge >= 0.3 is 0 Å². The number of benzene rings is 3. The van der Waals surface area contributed by atoms with Crippen LogP contribution in [0.3, 0.4) is 0 Å². The molecule has 0 spiro atoms. The fourth-order valence-electron chi connectivity index (χ4n) is 4.68. The Kier molecular flexibility index (Phi) is 5.85. The minimum Gasteiger partial charge on any atom is -0.497 e. The van der Waals surface area contributed by atoms with Crippen molar-refractivity contribution in [1.29, 1.82) is 0 Å². The summed E-state index contributed by atoms with van der Waals surface area (Å²) in [6, 6.07) is 24.3. The summed E-state index contributed by atoms with van der Waals surface area (Å²) in [5.74, 6) is 1.52. The summed E-state index contributed by atoms with van der Waals surface area (Å²) >= 11 is 6.17. The van der Waals surface area contributed by atoms with Crippen LogP contribution in [0.2, 0.25) is 5.02 Å². The molecular formula is C30H23ClN4O3. The van der Waals surface area contributed by atoms with Crippen molar-refractivity contribution in [3.05, 3.63) is 111 Å². The van der Waals surface area contributed by atoms with Gasteiger partial charge in [0, 0.05) is 33.0 Å². The molecule has 0 saturated carbocycles. The van der Waals surface area contributed by atoms with Crippen LogP contribution in [0.1, 0.15) is 17.0 Å². The lowest BCUT2D eigenvalue weighted by Crippen LogP contribution is -2.20. The van der Waals surface area contributed by atoms with Crippen molar-refractivity contribution < 1.29 is 9.15 Å². The first-order chi connectivity index (χ1) is 18.4. The van der Waals surface area contributed by atoms with Crippen LogP contribution < -0.4 is 10.3 Å². The molecule has 0 N–H and O–H groups in total. The average molecular weight is 523 g/mol. The van der Waals surface area contributed by atoms with Gasteiger partial charge in [0.25, 0.3) is 5.56 Å². The largest absolute Gasteiger partial charge is 0.497 e. The standard InChI is InChI=1S/C30H23ClN4O3/c1-18-14-21(19(2)34(18)23-9-11-24(37-3)12-10-23)17-32-35-29(33-26-7-5-4-6-25(26)30(35)36)28-16-20-15-22(31)8-13-27(20)38-28/h4-17H,1-3H3. The molecule has 0 amide bonds. The maximum atomic E-state index is 13.6. The lowest BCUT2D eigenvalue weighted by Gasteiger charge is -2.10. The third-order valence-electron chi connectivity index (χ3n) is 6.57. The Balaban J connectivity index is 1.49. The van der Waals surface area contributed by atoms with Gasteiger partial charge < -0.3 is 13.7 Å². The van der Waals surface area contributed by atoms with E-state index in [1.807, 2.05) is 68.4 Å². The lowest BCUT2D eigenvalue weighted by molar-refractivity contribution is 0.414. The number of hydrogen-bond donors (Lipinski definition) is 0. The van der Waals surface area contributed by atoms with Crippen molar-refractivity contribution in [2.24, 2.45) is 5.10 Å². The van der Waals surface area contributed by atoms with Crippen LogP contribution in [0.25, 0.3) is 39.1 Å². The number of aromatic nitrogens is 3. The van der Waals surface area contributed by atoms with Crippen molar-refractivity contribution >= 4 is 39.7 Å². The summed E-state index contributed by atoms with van der Waals surface area (Å²) in [4.78, 5) is 18.3. The number of nitrogens with zero attached hydrogens (tertiary/aromatic N) is 4. The quantitative estimate of drug-likeness (QED) is 0.234. The minimum absolute atomic E-state index is 0.288. The zero-order chi connectivity index (χ0) is 26.4. The smallest absolute Gasteiger partial charge is 0.282 e. The molecule has 0 fully saturated rings. The summed E-state index contributed by atoms with van der Waals surface area (Å²) < 4.78 is 14.8. The van der Waals surface area contributed by atoms with Gasteiger partial charge in [0.05, 0.1) is 24.2 Å². The molecule has 3 aromatic heterocycles. The van der Waals surface area contributed by atoms with Gasteiger partial charge in [-0.3, -0.25) is 4.79 Å². The summed E-state index contributed by atoms with van der Waals surface area (Å²) in [5.41, 5.74) is 4.82. The molecule has 0 aliphatic carbocycles. The van der Waals surface area contributed by atoms with E-state index in [0.29, 0.717) is 33.1 Å². The number of hydrogen-bond acceptors (Lipinski definition) is 5. The fourth-order valence-corrected chi connectivity index (χ4v) is 4.86. The minimum atomic E-state index is -0.288. The van der Waals surface area contributed by atoms with Crippen molar-refractivity contribution in [2.45, 2.75) is 13.8 Å². The van der Waals surface area contributed by atoms with Gasteiger partial charge in [0.1, 0.15) is 11.3 Å². The molecule has 3 aromatic carbocycles. The van der Waals surface area contributed by atoms with Gasteiger partial charge in [0.15, 0.2) is 5.76 Å². The Labute approximate surface area is 223 Å². The van der Waals surface area contributed by atoms with Crippen LogP contribution in [0.4, 0.5) is 0 Å². The number of para-hydroxylation sites is 1. The molecule has 188 valence electrons. The lowest BCUT2D eigenvalue weighted by atomic mass is 10.2. The Morgan fingerprint density at radius 3 is 2.58 bits per heavy atom. The number of halogens is 1. The van der Waals surface area contributed by atoms with Gasteiger partial charge in [-0.05, 0) is 80.6 Å². The molecule has 0 aliphatic heterocycles. The van der Waals surface area contributed by atoms with Gasteiger partial charge in [0.2, 0.25) is 5.82 Å². The molecule has 6 rings (SSSR count). The molecule has 38 heavy (non-hydrogen) atoms. The predicted octanol–water partition coefficient (Wildman–Crippen LogP) is 6.76. The number of rotatable bonds is 5.